The molecule has 0 aliphatic rings. The van der Waals surface area contributed by atoms with Gasteiger partial charge in [-0.05, 0) is 36.2 Å². The second-order valence-electron chi connectivity index (χ2n) is 9.13. The van der Waals surface area contributed by atoms with Crippen LogP contribution in [-0.4, -0.2) is 18.5 Å². The van der Waals surface area contributed by atoms with Gasteiger partial charge in [0.1, 0.15) is 12.4 Å². The van der Waals surface area contributed by atoms with Crippen LogP contribution in [-0.2, 0) is 16.1 Å². The van der Waals surface area contributed by atoms with Gasteiger partial charge < -0.3 is 9.47 Å². The lowest BCUT2D eigenvalue weighted by molar-refractivity contribution is 0.0436. The molecule has 0 aliphatic heterocycles. The molecule has 0 radical (unpaired) electrons. The summed E-state index contributed by atoms with van der Waals surface area (Å²) in [6, 6.07) is 12.3. The van der Waals surface area contributed by atoms with E-state index in [2.05, 4.69) is 6.92 Å². The van der Waals surface area contributed by atoms with Gasteiger partial charge in [-0.15, -0.1) is 0 Å². The maximum absolute atomic E-state index is 13.3. The van der Waals surface area contributed by atoms with Crippen molar-refractivity contribution in [3.8, 4) is 0 Å². The van der Waals surface area contributed by atoms with E-state index in [9.17, 15) is 14.0 Å². The minimum Gasteiger partial charge on any atom is -0.462 e. The van der Waals surface area contributed by atoms with Crippen LogP contribution in [0, 0.1) is 5.82 Å². The Labute approximate surface area is 210 Å². The maximum atomic E-state index is 13.3. The average molecular weight is 485 g/mol. The molecule has 0 spiro atoms. The number of benzene rings is 2. The van der Waals surface area contributed by atoms with E-state index in [1.165, 1.54) is 82.4 Å². The van der Waals surface area contributed by atoms with Crippen LogP contribution in [0.25, 0.3) is 0 Å². The molecule has 0 heterocycles. The van der Waals surface area contributed by atoms with E-state index in [1.807, 2.05) is 0 Å². The monoisotopic (exact) mass is 484 g/mol. The van der Waals surface area contributed by atoms with Crippen molar-refractivity contribution in [3.63, 3.8) is 0 Å². The summed E-state index contributed by atoms with van der Waals surface area (Å²) < 4.78 is 24.0. The number of hydrogen-bond donors (Lipinski definition) is 0. The average Bonchev–Trinajstić information content (AvgIpc) is 2.87. The van der Waals surface area contributed by atoms with Crippen molar-refractivity contribution in [3.05, 3.63) is 71.0 Å². The summed E-state index contributed by atoms with van der Waals surface area (Å²) in [5, 5.41) is 0. The van der Waals surface area contributed by atoms with E-state index in [1.54, 1.807) is 30.3 Å². The Morgan fingerprint density at radius 2 is 1.17 bits per heavy atom. The van der Waals surface area contributed by atoms with Crippen LogP contribution in [0.1, 0.15) is 117 Å². The predicted octanol–water partition coefficient (Wildman–Crippen LogP) is 8.43. The first-order chi connectivity index (χ1) is 17.1. The van der Waals surface area contributed by atoms with E-state index in [4.69, 9.17) is 9.47 Å². The molecule has 0 amide bonds. The van der Waals surface area contributed by atoms with Gasteiger partial charge in [0.15, 0.2) is 0 Å². The summed E-state index contributed by atoms with van der Waals surface area (Å²) in [5.41, 5.74) is 0.881. The van der Waals surface area contributed by atoms with Crippen LogP contribution in [0.15, 0.2) is 48.5 Å². The number of carbonyl (C=O) groups excluding carboxylic acids is 2. The lowest BCUT2D eigenvalue weighted by Gasteiger charge is -2.10. The highest BCUT2D eigenvalue weighted by atomic mass is 19.1. The number of unbranched alkanes of at least 4 members (excludes halogenated alkanes) is 12. The van der Waals surface area contributed by atoms with E-state index in [0.29, 0.717) is 12.2 Å². The zero-order chi connectivity index (χ0) is 25.1. The lowest BCUT2D eigenvalue weighted by atomic mass is 10.0. The molecule has 0 saturated carbocycles. The largest absolute Gasteiger partial charge is 0.462 e. The Bertz CT molecular complexity index is 880. The zero-order valence-corrected chi connectivity index (χ0v) is 21.2. The third-order valence-electron chi connectivity index (χ3n) is 6.11. The van der Waals surface area contributed by atoms with Gasteiger partial charge in [0, 0.05) is 0 Å². The fraction of sp³-hybridized carbons (Fsp3) is 0.533. The van der Waals surface area contributed by atoms with Crippen LogP contribution >= 0.6 is 0 Å². The molecule has 0 aromatic heterocycles. The van der Waals surface area contributed by atoms with Gasteiger partial charge in [0.25, 0.3) is 0 Å². The Morgan fingerprint density at radius 3 is 1.71 bits per heavy atom. The predicted molar refractivity (Wildman–Crippen MR) is 138 cm³/mol. The minimum absolute atomic E-state index is 0.0705. The highest BCUT2D eigenvalue weighted by Gasteiger charge is 2.19. The highest BCUT2D eigenvalue weighted by molar-refractivity contribution is 6.03. The van der Waals surface area contributed by atoms with Crippen LogP contribution in [0.2, 0.25) is 0 Å². The van der Waals surface area contributed by atoms with Gasteiger partial charge in [0.05, 0.1) is 17.7 Å². The molecule has 0 aliphatic carbocycles. The Morgan fingerprint density at radius 1 is 0.657 bits per heavy atom. The molecule has 0 bridgehead atoms. The molecule has 0 fully saturated rings. The molecule has 0 saturated heterocycles. The summed E-state index contributed by atoms with van der Waals surface area (Å²) in [6.45, 7) is 2.52. The summed E-state index contributed by atoms with van der Waals surface area (Å²) in [6.07, 6.45) is 16.3. The number of carbonyl (C=O) groups is 2. The zero-order valence-electron chi connectivity index (χ0n) is 21.2. The number of hydrogen-bond acceptors (Lipinski definition) is 4. The normalized spacial score (nSPS) is 10.8. The molecule has 5 heteroatoms. The maximum Gasteiger partial charge on any atom is 0.339 e. The van der Waals surface area contributed by atoms with Crippen LogP contribution < -0.4 is 0 Å². The molecule has 0 atom stereocenters. The van der Waals surface area contributed by atoms with E-state index < -0.39 is 17.8 Å². The Hall–Kier alpha value is -2.69. The molecule has 0 N–H and O–H groups in total. The molecule has 192 valence electrons. The highest BCUT2D eigenvalue weighted by Crippen LogP contribution is 2.15. The molecular formula is C30H41FO4. The van der Waals surface area contributed by atoms with Gasteiger partial charge in [-0.2, -0.15) is 0 Å². The molecule has 2 aromatic carbocycles. The van der Waals surface area contributed by atoms with Crippen LogP contribution in [0.4, 0.5) is 4.39 Å². The van der Waals surface area contributed by atoms with Crippen molar-refractivity contribution in [2.75, 3.05) is 6.61 Å². The number of esters is 2. The summed E-state index contributed by atoms with van der Waals surface area (Å²) in [7, 11) is 0. The fourth-order valence-corrected chi connectivity index (χ4v) is 4.05. The summed E-state index contributed by atoms with van der Waals surface area (Å²) in [4.78, 5) is 25.0. The topological polar surface area (TPSA) is 52.6 Å². The Kier molecular flexibility index (Phi) is 14.4. The summed E-state index contributed by atoms with van der Waals surface area (Å²) >= 11 is 0. The van der Waals surface area contributed by atoms with Crippen molar-refractivity contribution in [2.45, 2.75) is 97.0 Å². The van der Waals surface area contributed by atoms with Gasteiger partial charge in [-0.25, -0.2) is 14.0 Å². The quantitative estimate of drug-likeness (QED) is 0.157. The lowest BCUT2D eigenvalue weighted by Crippen LogP contribution is -2.14. The van der Waals surface area contributed by atoms with Crippen molar-refractivity contribution in [1.82, 2.24) is 0 Å². The number of halogens is 1. The van der Waals surface area contributed by atoms with Crippen molar-refractivity contribution in [2.24, 2.45) is 0 Å². The van der Waals surface area contributed by atoms with Gasteiger partial charge in [-0.1, -0.05) is 108 Å². The molecule has 2 aromatic rings. The van der Waals surface area contributed by atoms with Crippen LogP contribution in [0.3, 0.4) is 0 Å². The van der Waals surface area contributed by atoms with Crippen molar-refractivity contribution in [1.29, 1.82) is 0 Å². The second-order valence-corrected chi connectivity index (χ2v) is 9.13. The molecule has 0 unspecified atom stereocenters. The van der Waals surface area contributed by atoms with Gasteiger partial charge in [0.2, 0.25) is 0 Å². The minimum atomic E-state index is -0.636. The van der Waals surface area contributed by atoms with Gasteiger partial charge >= 0.3 is 11.9 Å². The fourth-order valence-electron chi connectivity index (χ4n) is 4.05. The first-order valence-electron chi connectivity index (χ1n) is 13.3. The summed E-state index contributed by atoms with van der Waals surface area (Å²) in [5.74, 6) is -1.55. The second kappa shape index (κ2) is 17.7. The molecule has 4 nitrogen and oxygen atoms in total. The third kappa shape index (κ3) is 12.0. The first kappa shape index (κ1) is 28.5. The molecular weight excluding hydrogens is 443 g/mol. The standard InChI is InChI=1S/C30H41FO4/c1-2-3-4-5-6-7-8-9-10-11-12-13-16-22-34-29(32)27-20-14-15-21-28(27)30(33)35-24-25-18-17-19-26(31)23-25/h14-15,17-21,23H,2-13,16,22,24H2,1H3. The van der Waals surface area contributed by atoms with Gasteiger partial charge in [-0.3, -0.25) is 0 Å². The Balaban J connectivity index is 1.59. The molecule has 2 rings (SSSR count). The van der Waals surface area contributed by atoms with E-state index >= 15 is 0 Å². The smallest absolute Gasteiger partial charge is 0.339 e. The van der Waals surface area contributed by atoms with E-state index in [-0.39, 0.29) is 17.7 Å². The molecule has 35 heavy (non-hydrogen) atoms. The van der Waals surface area contributed by atoms with E-state index in [0.717, 1.165) is 19.3 Å². The SMILES string of the molecule is CCCCCCCCCCCCCCCOC(=O)c1ccccc1C(=O)OCc1cccc(F)c1. The third-order valence-corrected chi connectivity index (χ3v) is 6.11. The van der Waals surface area contributed by atoms with Crippen molar-refractivity contribution < 1.29 is 23.5 Å². The number of rotatable bonds is 18. The van der Waals surface area contributed by atoms with Crippen molar-refractivity contribution >= 4 is 11.9 Å². The van der Waals surface area contributed by atoms with Crippen LogP contribution in [0.5, 0.6) is 0 Å². The first-order valence-corrected chi connectivity index (χ1v) is 13.3. The number of ether oxygens (including phenoxy) is 2.